The van der Waals surface area contributed by atoms with Gasteiger partial charge in [-0.15, -0.1) is 0 Å². The average Bonchev–Trinajstić information content (AvgIpc) is 3.25. The number of thiophene rings is 1. The summed E-state index contributed by atoms with van der Waals surface area (Å²) in [5.41, 5.74) is 2.96. The van der Waals surface area contributed by atoms with Crippen LogP contribution in [0.4, 0.5) is 0 Å². The van der Waals surface area contributed by atoms with E-state index in [1.54, 1.807) is 11.3 Å². The number of imidazole rings is 1. The fourth-order valence-corrected chi connectivity index (χ4v) is 3.62. The number of hydrogen-bond acceptors (Lipinski definition) is 3. The Kier molecular flexibility index (Phi) is 3.00. The number of fused-ring (bicyclic) bond motifs is 1. The number of rotatable bonds is 2. The number of amides is 1. The van der Waals surface area contributed by atoms with Crippen molar-refractivity contribution in [1.82, 2.24) is 14.5 Å². The van der Waals surface area contributed by atoms with Crippen LogP contribution in [0.1, 0.15) is 22.8 Å². The predicted octanol–water partition coefficient (Wildman–Crippen LogP) is 3.19. The molecule has 1 aliphatic rings. The Bertz CT molecular complexity index is 778. The van der Waals surface area contributed by atoms with Crippen molar-refractivity contribution < 1.29 is 4.79 Å². The standard InChI is InChI=1S/C16H15N3OS/c20-16(12-6-8-21-10-12)18-7-5-13(9-18)19-11-17-14-3-1-2-4-15(14)19/h1-4,6,8,10-11,13H,5,7,9H2. The van der Waals surface area contributed by atoms with Gasteiger partial charge in [-0.2, -0.15) is 11.3 Å². The van der Waals surface area contributed by atoms with Gasteiger partial charge in [0, 0.05) is 18.5 Å². The van der Waals surface area contributed by atoms with Crippen molar-refractivity contribution in [2.75, 3.05) is 13.1 Å². The van der Waals surface area contributed by atoms with Crippen molar-refractivity contribution in [1.29, 1.82) is 0 Å². The molecule has 0 aliphatic carbocycles. The fraction of sp³-hybridized carbons (Fsp3) is 0.250. The average molecular weight is 297 g/mol. The molecule has 3 aromatic rings. The number of para-hydroxylation sites is 2. The highest BCUT2D eigenvalue weighted by Crippen LogP contribution is 2.27. The Balaban J connectivity index is 1.58. The molecular formula is C16H15N3OS. The molecule has 1 amide bonds. The van der Waals surface area contributed by atoms with Crippen LogP contribution in [0.3, 0.4) is 0 Å². The number of benzene rings is 1. The van der Waals surface area contributed by atoms with E-state index in [0.717, 1.165) is 36.1 Å². The van der Waals surface area contributed by atoms with Gasteiger partial charge in [0.05, 0.1) is 29.0 Å². The van der Waals surface area contributed by atoms with E-state index in [0.29, 0.717) is 6.04 Å². The summed E-state index contributed by atoms with van der Waals surface area (Å²) >= 11 is 1.56. The molecule has 1 fully saturated rings. The highest BCUT2D eigenvalue weighted by molar-refractivity contribution is 7.08. The Morgan fingerprint density at radius 3 is 3.05 bits per heavy atom. The smallest absolute Gasteiger partial charge is 0.254 e. The molecular weight excluding hydrogens is 282 g/mol. The van der Waals surface area contributed by atoms with Crippen LogP contribution in [0.25, 0.3) is 11.0 Å². The third-order valence-corrected chi connectivity index (χ3v) is 4.78. The van der Waals surface area contributed by atoms with Gasteiger partial charge in [0.15, 0.2) is 0 Å². The second kappa shape index (κ2) is 5.00. The lowest BCUT2D eigenvalue weighted by molar-refractivity contribution is 0.0788. The molecule has 3 heterocycles. The lowest BCUT2D eigenvalue weighted by Gasteiger charge is -2.17. The first-order valence-electron chi connectivity index (χ1n) is 7.06. The summed E-state index contributed by atoms with van der Waals surface area (Å²) < 4.78 is 2.20. The van der Waals surface area contributed by atoms with Gasteiger partial charge in [0.25, 0.3) is 5.91 Å². The molecule has 0 bridgehead atoms. The van der Waals surface area contributed by atoms with E-state index < -0.39 is 0 Å². The van der Waals surface area contributed by atoms with Gasteiger partial charge in [-0.05, 0) is 30.0 Å². The molecule has 4 rings (SSSR count). The van der Waals surface area contributed by atoms with Crippen LogP contribution in [0.5, 0.6) is 0 Å². The van der Waals surface area contributed by atoms with E-state index in [2.05, 4.69) is 15.6 Å². The summed E-state index contributed by atoms with van der Waals surface area (Å²) in [6.45, 7) is 1.57. The zero-order chi connectivity index (χ0) is 14.2. The number of hydrogen-bond donors (Lipinski definition) is 0. The van der Waals surface area contributed by atoms with Crippen molar-refractivity contribution in [3.8, 4) is 0 Å². The summed E-state index contributed by atoms with van der Waals surface area (Å²) in [7, 11) is 0. The maximum Gasteiger partial charge on any atom is 0.254 e. The van der Waals surface area contributed by atoms with Crippen LogP contribution in [0.15, 0.2) is 47.4 Å². The molecule has 1 aromatic carbocycles. The zero-order valence-corrected chi connectivity index (χ0v) is 12.3. The minimum Gasteiger partial charge on any atom is -0.336 e. The minimum atomic E-state index is 0.142. The van der Waals surface area contributed by atoms with Gasteiger partial charge in [0.1, 0.15) is 0 Å². The Labute approximate surface area is 126 Å². The number of aromatic nitrogens is 2. The molecule has 0 N–H and O–H groups in total. The van der Waals surface area contributed by atoms with Gasteiger partial charge in [-0.3, -0.25) is 4.79 Å². The van der Waals surface area contributed by atoms with E-state index in [-0.39, 0.29) is 5.91 Å². The molecule has 0 saturated carbocycles. The summed E-state index contributed by atoms with van der Waals surface area (Å²) in [5, 5.41) is 3.87. The molecule has 1 saturated heterocycles. The molecule has 21 heavy (non-hydrogen) atoms. The topological polar surface area (TPSA) is 38.1 Å². The normalized spacial score (nSPS) is 18.5. The second-order valence-electron chi connectivity index (χ2n) is 5.35. The molecule has 5 heteroatoms. The maximum atomic E-state index is 12.4. The molecule has 0 spiro atoms. The van der Waals surface area contributed by atoms with E-state index in [1.165, 1.54) is 0 Å². The highest BCUT2D eigenvalue weighted by Gasteiger charge is 2.28. The molecule has 4 nitrogen and oxygen atoms in total. The third kappa shape index (κ3) is 2.14. The van der Waals surface area contributed by atoms with E-state index >= 15 is 0 Å². The van der Waals surface area contributed by atoms with Crippen LogP contribution in [0, 0.1) is 0 Å². The summed E-state index contributed by atoms with van der Waals surface area (Å²) in [5.74, 6) is 0.142. The fourth-order valence-electron chi connectivity index (χ4n) is 2.99. The van der Waals surface area contributed by atoms with Crippen LogP contribution in [-0.2, 0) is 0 Å². The van der Waals surface area contributed by atoms with E-state index in [1.807, 2.05) is 46.3 Å². The largest absolute Gasteiger partial charge is 0.336 e. The van der Waals surface area contributed by atoms with Crippen LogP contribution in [0.2, 0.25) is 0 Å². The minimum absolute atomic E-state index is 0.142. The third-order valence-electron chi connectivity index (χ3n) is 4.09. The van der Waals surface area contributed by atoms with Crippen molar-refractivity contribution in [2.24, 2.45) is 0 Å². The Morgan fingerprint density at radius 1 is 1.29 bits per heavy atom. The van der Waals surface area contributed by atoms with Gasteiger partial charge in [0.2, 0.25) is 0 Å². The van der Waals surface area contributed by atoms with Crippen molar-refractivity contribution >= 4 is 28.3 Å². The highest BCUT2D eigenvalue weighted by atomic mass is 32.1. The van der Waals surface area contributed by atoms with Gasteiger partial charge in [-0.25, -0.2) is 4.98 Å². The molecule has 1 atom stereocenters. The van der Waals surface area contributed by atoms with Gasteiger partial charge >= 0.3 is 0 Å². The number of carbonyl (C=O) groups excluding carboxylic acids is 1. The van der Waals surface area contributed by atoms with Crippen molar-refractivity contribution in [3.05, 3.63) is 53.0 Å². The van der Waals surface area contributed by atoms with Crippen molar-refractivity contribution in [2.45, 2.75) is 12.5 Å². The Hall–Kier alpha value is -2.14. The van der Waals surface area contributed by atoms with Gasteiger partial charge in [-0.1, -0.05) is 12.1 Å². The molecule has 1 unspecified atom stereocenters. The van der Waals surface area contributed by atoms with E-state index in [9.17, 15) is 4.79 Å². The summed E-state index contributed by atoms with van der Waals surface area (Å²) in [4.78, 5) is 18.8. The van der Waals surface area contributed by atoms with E-state index in [4.69, 9.17) is 0 Å². The van der Waals surface area contributed by atoms with Crippen LogP contribution < -0.4 is 0 Å². The monoisotopic (exact) mass is 297 g/mol. The summed E-state index contributed by atoms with van der Waals surface area (Å²) in [6, 6.07) is 10.4. The molecule has 1 aliphatic heterocycles. The molecule has 2 aromatic heterocycles. The first-order valence-corrected chi connectivity index (χ1v) is 8.00. The first-order chi connectivity index (χ1) is 10.3. The SMILES string of the molecule is O=C(c1ccsc1)N1CCC(n2cnc3ccccc32)C1. The van der Waals surface area contributed by atoms with Crippen molar-refractivity contribution in [3.63, 3.8) is 0 Å². The van der Waals surface area contributed by atoms with Crippen LogP contribution in [-0.4, -0.2) is 33.4 Å². The number of likely N-dealkylation sites (tertiary alicyclic amines) is 1. The quantitative estimate of drug-likeness (QED) is 0.728. The molecule has 106 valence electrons. The zero-order valence-electron chi connectivity index (χ0n) is 11.5. The maximum absolute atomic E-state index is 12.4. The number of carbonyl (C=O) groups is 1. The lowest BCUT2D eigenvalue weighted by atomic mass is 10.2. The van der Waals surface area contributed by atoms with Crippen LogP contribution >= 0.6 is 11.3 Å². The predicted molar refractivity (Wildman–Crippen MR) is 83.6 cm³/mol. The second-order valence-corrected chi connectivity index (χ2v) is 6.13. The Morgan fingerprint density at radius 2 is 2.19 bits per heavy atom. The summed E-state index contributed by atoms with van der Waals surface area (Å²) in [6.07, 6.45) is 2.88. The van der Waals surface area contributed by atoms with Gasteiger partial charge < -0.3 is 9.47 Å². The molecule has 0 radical (unpaired) electrons. The first kappa shape index (κ1) is 12.6. The lowest BCUT2D eigenvalue weighted by Crippen LogP contribution is -2.28. The number of nitrogens with zero attached hydrogens (tertiary/aromatic N) is 3.